The van der Waals surface area contributed by atoms with Gasteiger partial charge in [0, 0.05) is 13.1 Å². The Hall–Kier alpha value is -1.39. The number of aryl methyl sites for hydroxylation is 1. The van der Waals surface area contributed by atoms with E-state index in [1.165, 1.54) is 22.3 Å². The number of hydrogen-bond acceptors (Lipinski definition) is 3. The highest BCUT2D eigenvalue weighted by Crippen LogP contribution is 2.16. The van der Waals surface area contributed by atoms with Crippen molar-refractivity contribution in [1.29, 1.82) is 0 Å². The SMILES string of the molecule is Cc1ccc(CNCC(O)CC(=O)O)c(C)c1C. The highest BCUT2D eigenvalue weighted by molar-refractivity contribution is 5.67. The third kappa shape index (κ3) is 4.13. The van der Waals surface area contributed by atoms with Crippen LogP contribution in [0.15, 0.2) is 12.1 Å². The van der Waals surface area contributed by atoms with E-state index in [0.29, 0.717) is 13.1 Å². The van der Waals surface area contributed by atoms with Crippen LogP contribution in [0.1, 0.15) is 28.7 Å². The second kappa shape index (κ2) is 6.52. The van der Waals surface area contributed by atoms with Crippen LogP contribution >= 0.6 is 0 Å². The van der Waals surface area contributed by atoms with E-state index < -0.39 is 12.1 Å². The molecule has 0 aromatic heterocycles. The number of carboxylic acid groups (broad SMARTS) is 1. The minimum Gasteiger partial charge on any atom is -0.481 e. The molecule has 0 saturated heterocycles. The van der Waals surface area contributed by atoms with Crippen molar-refractivity contribution in [3.05, 3.63) is 34.4 Å². The first-order chi connectivity index (χ1) is 8.41. The van der Waals surface area contributed by atoms with Gasteiger partial charge in [-0.2, -0.15) is 0 Å². The van der Waals surface area contributed by atoms with Crippen molar-refractivity contribution < 1.29 is 15.0 Å². The average Bonchev–Trinajstić information content (AvgIpc) is 2.28. The normalized spacial score (nSPS) is 12.4. The summed E-state index contributed by atoms with van der Waals surface area (Å²) in [6.07, 6.45) is -1.06. The van der Waals surface area contributed by atoms with Crippen LogP contribution in [0.25, 0.3) is 0 Å². The zero-order chi connectivity index (χ0) is 13.7. The van der Waals surface area contributed by atoms with Crippen molar-refractivity contribution in [3.8, 4) is 0 Å². The molecule has 1 rings (SSSR count). The van der Waals surface area contributed by atoms with E-state index in [1.807, 2.05) is 0 Å². The van der Waals surface area contributed by atoms with E-state index in [1.54, 1.807) is 0 Å². The summed E-state index contributed by atoms with van der Waals surface area (Å²) in [6, 6.07) is 4.14. The quantitative estimate of drug-likeness (QED) is 0.717. The van der Waals surface area contributed by atoms with E-state index >= 15 is 0 Å². The summed E-state index contributed by atoms with van der Waals surface area (Å²) in [5.74, 6) is -0.980. The lowest BCUT2D eigenvalue weighted by Crippen LogP contribution is -2.28. The zero-order valence-corrected chi connectivity index (χ0v) is 11.2. The molecule has 18 heavy (non-hydrogen) atoms. The van der Waals surface area contributed by atoms with Gasteiger partial charge in [0.2, 0.25) is 0 Å². The van der Waals surface area contributed by atoms with Crippen LogP contribution < -0.4 is 5.32 Å². The molecule has 3 N–H and O–H groups in total. The van der Waals surface area contributed by atoms with Gasteiger partial charge in [-0.05, 0) is 43.0 Å². The summed E-state index contributed by atoms with van der Waals surface area (Å²) in [5, 5.41) is 21.0. The summed E-state index contributed by atoms with van der Waals surface area (Å²) >= 11 is 0. The maximum atomic E-state index is 10.4. The number of aliphatic carboxylic acids is 1. The number of aliphatic hydroxyl groups excluding tert-OH is 1. The van der Waals surface area contributed by atoms with Crippen LogP contribution in [0.3, 0.4) is 0 Å². The Morgan fingerprint density at radius 1 is 1.28 bits per heavy atom. The standard InChI is InChI=1S/C14H21NO3/c1-9-4-5-12(11(3)10(9)2)7-15-8-13(16)6-14(17)18/h4-5,13,15-16H,6-8H2,1-3H3,(H,17,18). The van der Waals surface area contributed by atoms with Crippen molar-refractivity contribution >= 4 is 5.97 Å². The van der Waals surface area contributed by atoms with Crippen molar-refractivity contribution in [2.24, 2.45) is 0 Å². The van der Waals surface area contributed by atoms with E-state index in [-0.39, 0.29) is 6.42 Å². The van der Waals surface area contributed by atoms with Crippen LogP contribution in [0, 0.1) is 20.8 Å². The first kappa shape index (κ1) is 14.7. The number of hydrogen-bond donors (Lipinski definition) is 3. The fourth-order valence-electron chi connectivity index (χ4n) is 1.85. The maximum absolute atomic E-state index is 10.4. The number of rotatable bonds is 6. The summed E-state index contributed by atoms with van der Waals surface area (Å²) in [4.78, 5) is 10.4. The number of aliphatic hydroxyl groups is 1. The largest absolute Gasteiger partial charge is 0.481 e. The Bertz CT molecular complexity index is 429. The van der Waals surface area contributed by atoms with E-state index in [2.05, 4.69) is 38.2 Å². The number of carbonyl (C=O) groups is 1. The monoisotopic (exact) mass is 251 g/mol. The molecule has 0 heterocycles. The van der Waals surface area contributed by atoms with Gasteiger partial charge in [0.05, 0.1) is 12.5 Å². The molecular weight excluding hydrogens is 230 g/mol. The topological polar surface area (TPSA) is 69.6 Å². The van der Waals surface area contributed by atoms with Gasteiger partial charge in [-0.25, -0.2) is 0 Å². The van der Waals surface area contributed by atoms with Gasteiger partial charge in [0.15, 0.2) is 0 Å². The van der Waals surface area contributed by atoms with Crippen molar-refractivity contribution in [3.63, 3.8) is 0 Å². The number of nitrogens with one attached hydrogen (secondary N) is 1. The molecular formula is C14H21NO3. The second-order valence-corrected chi connectivity index (χ2v) is 4.67. The molecule has 0 amide bonds. The highest BCUT2D eigenvalue weighted by atomic mass is 16.4. The predicted molar refractivity (Wildman–Crippen MR) is 70.6 cm³/mol. The summed E-state index contributed by atoms with van der Waals surface area (Å²) < 4.78 is 0. The van der Waals surface area contributed by atoms with Crippen molar-refractivity contribution in [2.45, 2.75) is 39.8 Å². The molecule has 0 aliphatic rings. The Kier molecular flexibility index (Phi) is 5.31. The molecule has 4 heteroatoms. The van der Waals surface area contributed by atoms with Crippen LogP contribution in [-0.2, 0) is 11.3 Å². The fourth-order valence-corrected chi connectivity index (χ4v) is 1.85. The fraction of sp³-hybridized carbons (Fsp3) is 0.500. The van der Waals surface area contributed by atoms with Crippen LogP contribution in [0.2, 0.25) is 0 Å². The molecule has 0 aliphatic carbocycles. The molecule has 4 nitrogen and oxygen atoms in total. The summed E-state index contributed by atoms with van der Waals surface area (Å²) in [5.41, 5.74) is 4.97. The third-order valence-corrected chi connectivity index (χ3v) is 3.28. The lowest BCUT2D eigenvalue weighted by atomic mass is 9.99. The number of carboxylic acids is 1. The highest BCUT2D eigenvalue weighted by Gasteiger charge is 2.09. The zero-order valence-electron chi connectivity index (χ0n) is 11.2. The van der Waals surface area contributed by atoms with Crippen LogP contribution in [0.5, 0.6) is 0 Å². The van der Waals surface area contributed by atoms with E-state index in [9.17, 15) is 9.90 Å². The minimum atomic E-state index is -0.980. The summed E-state index contributed by atoms with van der Waals surface area (Å²) in [7, 11) is 0. The number of benzene rings is 1. The lowest BCUT2D eigenvalue weighted by molar-refractivity contribution is -0.139. The molecule has 0 saturated carbocycles. The first-order valence-corrected chi connectivity index (χ1v) is 6.08. The molecule has 1 aromatic carbocycles. The molecule has 0 radical (unpaired) electrons. The lowest BCUT2D eigenvalue weighted by Gasteiger charge is -2.13. The molecule has 1 unspecified atom stereocenters. The van der Waals surface area contributed by atoms with Gasteiger partial charge in [-0.1, -0.05) is 12.1 Å². The molecule has 0 fully saturated rings. The first-order valence-electron chi connectivity index (χ1n) is 6.08. The van der Waals surface area contributed by atoms with Gasteiger partial charge in [0.25, 0.3) is 0 Å². The minimum absolute atomic E-state index is 0.223. The smallest absolute Gasteiger partial charge is 0.306 e. The Morgan fingerprint density at radius 3 is 2.56 bits per heavy atom. The molecule has 100 valence electrons. The van der Waals surface area contributed by atoms with E-state index in [4.69, 9.17) is 5.11 Å². The molecule has 0 aliphatic heterocycles. The average molecular weight is 251 g/mol. The molecule has 1 aromatic rings. The van der Waals surface area contributed by atoms with Crippen molar-refractivity contribution in [2.75, 3.05) is 6.54 Å². The summed E-state index contributed by atoms with van der Waals surface area (Å²) in [6.45, 7) is 7.18. The van der Waals surface area contributed by atoms with E-state index in [0.717, 1.165) is 0 Å². The molecule has 0 spiro atoms. The van der Waals surface area contributed by atoms with Gasteiger partial charge in [-0.15, -0.1) is 0 Å². The van der Waals surface area contributed by atoms with Gasteiger partial charge >= 0.3 is 5.97 Å². The Balaban J connectivity index is 2.49. The molecule has 0 bridgehead atoms. The van der Waals surface area contributed by atoms with Crippen LogP contribution in [-0.4, -0.2) is 28.8 Å². The van der Waals surface area contributed by atoms with Crippen molar-refractivity contribution in [1.82, 2.24) is 5.32 Å². The second-order valence-electron chi connectivity index (χ2n) is 4.67. The maximum Gasteiger partial charge on any atom is 0.306 e. The predicted octanol–water partition coefficient (Wildman–Crippen LogP) is 1.54. The van der Waals surface area contributed by atoms with Gasteiger partial charge in [-0.3, -0.25) is 4.79 Å². The van der Waals surface area contributed by atoms with Gasteiger partial charge in [0.1, 0.15) is 0 Å². The Morgan fingerprint density at radius 2 is 1.94 bits per heavy atom. The van der Waals surface area contributed by atoms with Crippen LogP contribution in [0.4, 0.5) is 0 Å². The van der Waals surface area contributed by atoms with Gasteiger partial charge < -0.3 is 15.5 Å². The Labute approximate surface area is 108 Å². The molecule has 1 atom stereocenters. The third-order valence-electron chi connectivity index (χ3n) is 3.28.